The van der Waals surface area contributed by atoms with Crippen LogP contribution in [-0.2, 0) is 18.9 Å². The summed E-state index contributed by atoms with van der Waals surface area (Å²) in [5, 5.41) is 40.2. The lowest BCUT2D eigenvalue weighted by Gasteiger charge is -2.45. The molecule has 0 aromatic rings. The molecular weight excluding hydrogens is 534 g/mol. The highest BCUT2D eigenvalue weighted by molar-refractivity contribution is 6.01. The molecule has 2 amide bonds. The topological polar surface area (TPSA) is 244 Å². The van der Waals surface area contributed by atoms with Gasteiger partial charge in [0, 0.05) is 17.7 Å². The molecule has 1 saturated heterocycles. The normalized spacial score (nSPS) is 24.7. The van der Waals surface area contributed by atoms with Crippen molar-refractivity contribution < 1.29 is 43.9 Å². The molecule has 2 aliphatic rings. The Morgan fingerprint density at radius 1 is 1.12 bits per heavy atom. The number of rotatable bonds is 8. The maximum atomic E-state index is 12.3. The molecular formula is C22H39N9O9. The minimum absolute atomic E-state index is 0.00885. The van der Waals surface area contributed by atoms with Crippen LogP contribution in [-0.4, -0.2) is 107 Å². The first-order chi connectivity index (χ1) is 18.6. The monoisotopic (exact) mass is 573 g/mol. The molecule has 0 bridgehead atoms. The quantitative estimate of drug-likeness (QED) is 0.0494. The van der Waals surface area contributed by atoms with Crippen LogP contribution in [0.25, 0.3) is 10.4 Å². The fraction of sp³-hybridized carbons (Fsp3) is 0.773. The highest BCUT2D eigenvalue weighted by atomic mass is 16.7. The SMILES string of the molecule is CC(C)(C)OC(=O)NC(=NCC1=CN([C@H]2C(OCCN=[N+]=[N-])OC(CO)[C@@H](O)[C@@H]2O)NN1)NC(=O)OC(C)(C)C. The first-order valence-electron chi connectivity index (χ1n) is 12.4. The van der Waals surface area contributed by atoms with E-state index in [0.717, 1.165) is 0 Å². The van der Waals surface area contributed by atoms with Gasteiger partial charge in [-0.15, -0.1) is 5.53 Å². The molecule has 7 N–H and O–H groups in total. The van der Waals surface area contributed by atoms with Crippen LogP contribution in [0.2, 0.25) is 0 Å². The van der Waals surface area contributed by atoms with Gasteiger partial charge in [-0.1, -0.05) is 5.11 Å². The van der Waals surface area contributed by atoms with Crippen molar-refractivity contribution in [3.63, 3.8) is 0 Å². The molecule has 0 spiro atoms. The van der Waals surface area contributed by atoms with Crippen LogP contribution in [0, 0.1) is 0 Å². The number of hydrazine groups is 2. The van der Waals surface area contributed by atoms with E-state index in [-0.39, 0.29) is 25.7 Å². The molecule has 0 aliphatic carbocycles. The zero-order chi connectivity index (χ0) is 30.1. The molecule has 0 radical (unpaired) electrons. The second-order valence-electron chi connectivity index (χ2n) is 10.7. The van der Waals surface area contributed by atoms with Gasteiger partial charge in [0.05, 0.1) is 25.5 Å². The smallest absolute Gasteiger partial charge is 0.414 e. The van der Waals surface area contributed by atoms with Crippen molar-refractivity contribution in [3.05, 3.63) is 22.3 Å². The fourth-order valence-corrected chi connectivity index (χ4v) is 3.44. The number of aliphatic imine (C=N–C) groups is 1. The summed E-state index contributed by atoms with van der Waals surface area (Å²) in [5.41, 5.74) is 12.9. The van der Waals surface area contributed by atoms with E-state index in [2.05, 4.69) is 36.6 Å². The maximum absolute atomic E-state index is 12.3. The third-order valence-corrected chi connectivity index (χ3v) is 4.99. The van der Waals surface area contributed by atoms with Crippen LogP contribution in [0.1, 0.15) is 41.5 Å². The predicted octanol–water partition coefficient (Wildman–Crippen LogP) is -0.307. The number of nitrogens with one attached hydrogen (secondary N) is 4. The van der Waals surface area contributed by atoms with Crippen LogP contribution in [0.4, 0.5) is 9.59 Å². The van der Waals surface area contributed by atoms with Crippen LogP contribution in [0.5, 0.6) is 0 Å². The minimum atomic E-state index is -1.44. The zero-order valence-electron chi connectivity index (χ0n) is 23.3. The van der Waals surface area contributed by atoms with Gasteiger partial charge in [0.15, 0.2) is 6.29 Å². The van der Waals surface area contributed by atoms with E-state index in [1.165, 1.54) is 11.2 Å². The van der Waals surface area contributed by atoms with Crippen molar-refractivity contribution in [1.29, 1.82) is 0 Å². The Kier molecular flexibility index (Phi) is 11.7. The van der Waals surface area contributed by atoms with Crippen molar-refractivity contribution in [2.24, 2.45) is 10.1 Å². The molecule has 2 aliphatic heterocycles. The standard InChI is InChI=1S/C22H39N9O9/c1-21(2,3)39-19(35)26-18(27-20(36)40-22(4,5)6)24-9-12-10-31(30-28-12)14-16(34)15(33)13(11-32)38-17(14)37-8-7-25-29-23/h10,13-17,28,30,32-34H,7-9,11H2,1-6H3,(H2,24,26,27,35,36)/t13?,14-,15-,16-,17?/m1/s1. The van der Waals surface area contributed by atoms with Crippen LogP contribution < -0.4 is 21.6 Å². The van der Waals surface area contributed by atoms with Gasteiger partial charge >= 0.3 is 12.2 Å². The number of carbonyl (C=O) groups is 2. The molecule has 2 unspecified atom stereocenters. The number of nitrogens with zero attached hydrogens (tertiary/aromatic N) is 5. The zero-order valence-corrected chi connectivity index (χ0v) is 23.3. The summed E-state index contributed by atoms with van der Waals surface area (Å²) < 4.78 is 21.7. The second-order valence-corrected chi connectivity index (χ2v) is 10.7. The largest absolute Gasteiger partial charge is 0.444 e. The van der Waals surface area contributed by atoms with Gasteiger partial charge in [-0.2, -0.15) is 0 Å². The van der Waals surface area contributed by atoms with E-state index >= 15 is 0 Å². The van der Waals surface area contributed by atoms with Crippen molar-refractivity contribution in [2.45, 2.75) is 83.4 Å². The van der Waals surface area contributed by atoms with Gasteiger partial charge in [-0.25, -0.2) is 14.6 Å². The summed E-state index contributed by atoms with van der Waals surface area (Å²) in [5.74, 6) is -0.244. The Bertz CT molecular complexity index is 957. The summed E-state index contributed by atoms with van der Waals surface area (Å²) in [6.07, 6.45) is -5.34. The lowest BCUT2D eigenvalue weighted by atomic mass is 9.96. The van der Waals surface area contributed by atoms with Gasteiger partial charge in [0.1, 0.15) is 35.6 Å². The Labute approximate surface area is 231 Å². The number of azide groups is 1. The van der Waals surface area contributed by atoms with E-state index in [1.54, 1.807) is 41.5 Å². The van der Waals surface area contributed by atoms with E-state index in [4.69, 9.17) is 24.5 Å². The van der Waals surface area contributed by atoms with Gasteiger partial charge in [-0.05, 0) is 47.1 Å². The van der Waals surface area contributed by atoms with E-state index in [0.29, 0.717) is 5.70 Å². The summed E-state index contributed by atoms with van der Waals surface area (Å²) in [6, 6.07) is -1.02. The molecule has 5 atom stereocenters. The number of aliphatic hydroxyl groups is 3. The molecule has 0 aromatic carbocycles. The lowest BCUT2D eigenvalue weighted by Crippen LogP contribution is -2.66. The fourth-order valence-electron chi connectivity index (χ4n) is 3.44. The van der Waals surface area contributed by atoms with E-state index in [1.807, 2.05) is 0 Å². The molecule has 0 saturated carbocycles. The van der Waals surface area contributed by atoms with E-state index < -0.39 is 60.6 Å². The molecule has 18 nitrogen and oxygen atoms in total. The molecule has 2 rings (SSSR count). The number of hydrogen-bond donors (Lipinski definition) is 7. The molecule has 40 heavy (non-hydrogen) atoms. The lowest BCUT2D eigenvalue weighted by molar-refractivity contribution is -0.286. The number of alkyl carbamates (subject to hydrolysis) is 2. The molecule has 18 heteroatoms. The molecule has 226 valence electrons. The number of carbonyl (C=O) groups excluding carboxylic acids is 2. The second kappa shape index (κ2) is 14.3. The van der Waals surface area contributed by atoms with Crippen molar-refractivity contribution in [1.82, 2.24) is 26.6 Å². The minimum Gasteiger partial charge on any atom is -0.444 e. The number of hydrogen-bond acceptors (Lipinski definition) is 14. The number of aliphatic hydroxyl groups excluding tert-OH is 3. The van der Waals surface area contributed by atoms with Crippen molar-refractivity contribution in [2.75, 3.05) is 26.3 Å². The Hall–Kier alpha value is -3.38. The van der Waals surface area contributed by atoms with Gasteiger partial charge < -0.3 is 39.7 Å². The van der Waals surface area contributed by atoms with Crippen LogP contribution >= 0.6 is 0 Å². The van der Waals surface area contributed by atoms with Gasteiger partial charge in [0.2, 0.25) is 5.96 Å². The highest BCUT2D eigenvalue weighted by Crippen LogP contribution is 2.26. The Morgan fingerprint density at radius 3 is 2.25 bits per heavy atom. The summed E-state index contributed by atoms with van der Waals surface area (Å²) in [4.78, 5) is 31.4. The third kappa shape index (κ3) is 10.6. The van der Waals surface area contributed by atoms with Crippen molar-refractivity contribution >= 4 is 18.1 Å². The first-order valence-corrected chi connectivity index (χ1v) is 12.4. The third-order valence-electron chi connectivity index (χ3n) is 4.99. The van der Waals surface area contributed by atoms with Gasteiger partial charge in [-0.3, -0.25) is 15.6 Å². The Morgan fingerprint density at radius 2 is 1.73 bits per heavy atom. The average Bonchev–Trinajstić information content (AvgIpc) is 3.28. The van der Waals surface area contributed by atoms with Gasteiger partial charge in [0.25, 0.3) is 0 Å². The first kappa shape index (κ1) is 32.8. The molecule has 2 heterocycles. The number of ether oxygens (including phenoxy) is 4. The molecule has 0 aromatic heterocycles. The predicted molar refractivity (Wildman–Crippen MR) is 139 cm³/mol. The average molecular weight is 574 g/mol. The molecule has 1 fully saturated rings. The Balaban J connectivity index is 2.19. The highest BCUT2D eigenvalue weighted by Gasteiger charge is 2.48. The van der Waals surface area contributed by atoms with Crippen molar-refractivity contribution in [3.8, 4) is 0 Å². The maximum Gasteiger partial charge on any atom is 0.414 e. The number of guanidine groups is 1. The summed E-state index contributed by atoms with van der Waals surface area (Å²) >= 11 is 0. The summed E-state index contributed by atoms with van der Waals surface area (Å²) in [7, 11) is 0. The number of amides is 2. The van der Waals surface area contributed by atoms with E-state index in [9.17, 15) is 24.9 Å². The summed E-state index contributed by atoms with van der Waals surface area (Å²) in [6.45, 7) is 9.31. The van der Waals surface area contributed by atoms with Crippen LogP contribution in [0.15, 0.2) is 22.0 Å². The van der Waals surface area contributed by atoms with Crippen LogP contribution in [0.3, 0.4) is 0 Å².